The number of rotatable bonds is 3. The van der Waals surface area contributed by atoms with Crippen LogP contribution in [0.4, 0.5) is 11.4 Å². The molecule has 0 aliphatic carbocycles. The predicted octanol–water partition coefficient (Wildman–Crippen LogP) is 1.19. The molecule has 108 valence electrons. The highest BCUT2D eigenvalue weighted by atomic mass is 16.7. The number of carbonyl (C=O) groups is 1. The van der Waals surface area contributed by atoms with Gasteiger partial charge in [-0.3, -0.25) is 4.79 Å². The van der Waals surface area contributed by atoms with Crippen molar-refractivity contribution in [2.24, 2.45) is 5.92 Å². The van der Waals surface area contributed by atoms with Crippen molar-refractivity contribution in [2.75, 3.05) is 30.2 Å². The van der Waals surface area contributed by atoms with Crippen LogP contribution in [0.25, 0.3) is 0 Å². The largest absolute Gasteiger partial charge is 0.454 e. The zero-order chi connectivity index (χ0) is 14.3. The van der Waals surface area contributed by atoms with Gasteiger partial charge in [0.05, 0.1) is 18.0 Å². The summed E-state index contributed by atoms with van der Waals surface area (Å²) in [5.74, 6) is 1.43. The molecule has 1 aromatic rings. The van der Waals surface area contributed by atoms with Crippen molar-refractivity contribution in [3.63, 3.8) is 0 Å². The minimum atomic E-state index is -0.297. The second kappa shape index (κ2) is 4.86. The molecule has 2 heterocycles. The number of anilines is 2. The average molecular weight is 278 g/mol. The lowest BCUT2D eigenvalue weighted by molar-refractivity contribution is -0.120. The van der Waals surface area contributed by atoms with E-state index in [0.29, 0.717) is 11.5 Å². The van der Waals surface area contributed by atoms with E-state index in [9.17, 15) is 9.90 Å². The standard InChI is InChI=1S/C14H18N2O4/c1-8(2)13-14(18)16(3-4-17)10-6-12-11(19-7-20-12)5-9(10)15-13/h5-6,8,13,15,17H,3-4,7H2,1-2H3. The predicted molar refractivity (Wildman–Crippen MR) is 74.3 cm³/mol. The Hall–Kier alpha value is -1.95. The third-order valence-electron chi connectivity index (χ3n) is 3.62. The lowest BCUT2D eigenvalue weighted by Gasteiger charge is -2.36. The summed E-state index contributed by atoms with van der Waals surface area (Å²) in [4.78, 5) is 14.1. The molecule has 1 amide bonds. The van der Waals surface area contributed by atoms with E-state index in [1.54, 1.807) is 11.0 Å². The number of aliphatic hydroxyl groups excluding tert-OH is 1. The van der Waals surface area contributed by atoms with Crippen LogP contribution in [-0.2, 0) is 4.79 Å². The summed E-state index contributed by atoms with van der Waals surface area (Å²) in [5.41, 5.74) is 1.56. The second-order valence-electron chi connectivity index (χ2n) is 5.30. The molecule has 0 saturated carbocycles. The fraction of sp³-hybridized carbons (Fsp3) is 0.500. The summed E-state index contributed by atoms with van der Waals surface area (Å²) in [6, 6.07) is 3.34. The fourth-order valence-corrected chi connectivity index (χ4v) is 2.57. The molecule has 0 radical (unpaired) electrons. The van der Waals surface area contributed by atoms with Gasteiger partial charge in [-0.15, -0.1) is 0 Å². The smallest absolute Gasteiger partial charge is 0.249 e. The summed E-state index contributed by atoms with van der Waals surface area (Å²) < 4.78 is 10.7. The Morgan fingerprint density at radius 1 is 1.40 bits per heavy atom. The van der Waals surface area contributed by atoms with E-state index < -0.39 is 0 Å². The average Bonchev–Trinajstić information content (AvgIpc) is 2.86. The molecular weight excluding hydrogens is 260 g/mol. The molecule has 0 aromatic heterocycles. The molecule has 2 aliphatic rings. The number of carbonyl (C=O) groups excluding carboxylic acids is 1. The number of nitrogens with zero attached hydrogens (tertiary/aromatic N) is 1. The molecular formula is C14H18N2O4. The first kappa shape index (κ1) is 13.1. The minimum Gasteiger partial charge on any atom is -0.454 e. The van der Waals surface area contributed by atoms with Crippen LogP contribution in [-0.4, -0.2) is 37.0 Å². The number of β-amino-alcohol motifs (C(OH)–C–C–N with tert-alkyl or cyclic N) is 1. The van der Waals surface area contributed by atoms with Crippen molar-refractivity contribution in [1.29, 1.82) is 0 Å². The fourth-order valence-electron chi connectivity index (χ4n) is 2.57. The van der Waals surface area contributed by atoms with Crippen molar-refractivity contribution in [1.82, 2.24) is 0 Å². The lowest BCUT2D eigenvalue weighted by Crippen LogP contribution is -2.50. The number of nitrogens with one attached hydrogen (secondary N) is 1. The molecule has 2 aliphatic heterocycles. The summed E-state index contributed by atoms with van der Waals surface area (Å²) in [5, 5.41) is 12.5. The quantitative estimate of drug-likeness (QED) is 0.869. The molecule has 0 saturated heterocycles. The zero-order valence-corrected chi connectivity index (χ0v) is 11.5. The van der Waals surface area contributed by atoms with Gasteiger partial charge < -0.3 is 24.8 Å². The first-order chi connectivity index (χ1) is 9.61. The van der Waals surface area contributed by atoms with Crippen molar-refractivity contribution in [3.05, 3.63) is 12.1 Å². The zero-order valence-electron chi connectivity index (χ0n) is 11.5. The Kier molecular flexibility index (Phi) is 3.17. The van der Waals surface area contributed by atoms with Crippen LogP contribution >= 0.6 is 0 Å². The summed E-state index contributed by atoms with van der Waals surface area (Å²) in [6.07, 6.45) is 0. The van der Waals surface area contributed by atoms with Gasteiger partial charge >= 0.3 is 0 Å². The first-order valence-corrected chi connectivity index (χ1v) is 6.74. The maximum absolute atomic E-state index is 12.5. The lowest BCUT2D eigenvalue weighted by atomic mass is 9.98. The Labute approximate surface area is 117 Å². The molecule has 6 nitrogen and oxygen atoms in total. The first-order valence-electron chi connectivity index (χ1n) is 6.74. The van der Waals surface area contributed by atoms with Crippen LogP contribution in [0.2, 0.25) is 0 Å². The highest BCUT2D eigenvalue weighted by Gasteiger charge is 2.35. The SMILES string of the molecule is CC(C)C1Nc2cc3c(cc2N(CCO)C1=O)OCO3. The summed E-state index contributed by atoms with van der Waals surface area (Å²) in [6.45, 7) is 4.37. The van der Waals surface area contributed by atoms with Crippen molar-refractivity contribution < 1.29 is 19.4 Å². The Bertz CT molecular complexity index is 544. The van der Waals surface area contributed by atoms with Crippen molar-refractivity contribution >= 4 is 17.3 Å². The number of ether oxygens (including phenoxy) is 2. The number of aliphatic hydroxyl groups is 1. The normalized spacial score (nSPS) is 20.1. The molecule has 0 fully saturated rings. The molecule has 20 heavy (non-hydrogen) atoms. The topological polar surface area (TPSA) is 71.0 Å². The van der Waals surface area contributed by atoms with Gasteiger partial charge in [0.25, 0.3) is 0 Å². The molecule has 3 rings (SSSR count). The van der Waals surface area contributed by atoms with Gasteiger partial charge in [0.2, 0.25) is 12.7 Å². The van der Waals surface area contributed by atoms with Crippen LogP contribution < -0.4 is 19.7 Å². The van der Waals surface area contributed by atoms with Crippen LogP contribution in [0.3, 0.4) is 0 Å². The van der Waals surface area contributed by atoms with E-state index in [1.807, 2.05) is 19.9 Å². The monoisotopic (exact) mass is 278 g/mol. The molecule has 0 bridgehead atoms. The Balaban J connectivity index is 2.05. The van der Waals surface area contributed by atoms with Crippen LogP contribution in [0, 0.1) is 5.92 Å². The van der Waals surface area contributed by atoms with E-state index in [-0.39, 0.29) is 37.8 Å². The highest BCUT2D eigenvalue weighted by Crippen LogP contribution is 2.43. The van der Waals surface area contributed by atoms with Gasteiger partial charge in [0.15, 0.2) is 11.5 Å². The van der Waals surface area contributed by atoms with Crippen LogP contribution in [0.15, 0.2) is 12.1 Å². The number of amides is 1. The van der Waals surface area contributed by atoms with E-state index >= 15 is 0 Å². The maximum atomic E-state index is 12.5. The second-order valence-corrected chi connectivity index (χ2v) is 5.30. The molecule has 2 N–H and O–H groups in total. The van der Waals surface area contributed by atoms with E-state index in [4.69, 9.17) is 9.47 Å². The highest BCUT2D eigenvalue weighted by molar-refractivity contribution is 6.05. The number of benzene rings is 1. The summed E-state index contributed by atoms with van der Waals surface area (Å²) >= 11 is 0. The number of hydrogen-bond acceptors (Lipinski definition) is 5. The van der Waals surface area contributed by atoms with Crippen molar-refractivity contribution in [3.8, 4) is 11.5 Å². The maximum Gasteiger partial charge on any atom is 0.249 e. The Morgan fingerprint density at radius 3 is 2.75 bits per heavy atom. The third kappa shape index (κ3) is 1.96. The van der Waals surface area contributed by atoms with E-state index in [0.717, 1.165) is 11.4 Å². The molecule has 0 spiro atoms. The summed E-state index contributed by atoms with van der Waals surface area (Å²) in [7, 11) is 0. The van der Waals surface area contributed by atoms with Crippen molar-refractivity contribution in [2.45, 2.75) is 19.9 Å². The van der Waals surface area contributed by atoms with Gasteiger partial charge in [-0.25, -0.2) is 0 Å². The minimum absolute atomic E-state index is 0.0274. The van der Waals surface area contributed by atoms with Gasteiger partial charge in [0.1, 0.15) is 6.04 Å². The Morgan fingerprint density at radius 2 is 2.10 bits per heavy atom. The van der Waals surface area contributed by atoms with E-state index in [1.165, 1.54) is 0 Å². The number of hydrogen-bond donors (Lipinski definition) is 2. The molecule has 1 unspecified atom stereocenters. The van der Waals surface area contributed by atoms with Crippen LogP contribution in [0.5, 0.6) is 11.5 Å². The third-order valence-corrected chi connectivity index (χ3v) is 3.62. The number of fused-ring (bicyclic) bond motifs is 2. The van der Waals surface area contributed by atoms with E-state index in [2.05, 4.69) is 5.32 Å². The van der Waals surface area contributed by atoms with Crippen LogP contribution in [0.1, 0.15) is 13.8 Å². The van der Waals surface area contributed by atoms with Gasteiger partial charge in [-0.05, 0) is 5.92 Å². The molecule has 1 aromatic carbocycles. The molecule has 1 atom stereocenters. The van der Waals surface area contributed by atoms with Gasteiger partial charge in [0, 0.05) is 18.7 Å². The van der Waals surface area contributed by atoms with Gasteiger partial charge in [-0.2, -0.15) is 0 Å². The van der Waals surface area contributed by atoms with Gasteiger partial charge in [-0.1, -0.05) is 13.8 Å². The molecule has 6 heteroatoms.